The summed E-state index contributed by atoms with van der Waals surface area (Å²) in [5.41, 5.74) is 5.48. The average molecular weight is 604 g/mol. The molecular formula is C29H37F4N9O. The standard InChI is InChI=1S/C29H37F4N9O/c30-22-7-3-6-21(29(31,32)33)23(22)38-28(43)41-14-12-19(13-15-41)36-25-24-26(42(16-35-24)20-4-1-2-5-20)40-27(39-25)37-18-10-8-17(34)9-11-18/h3,6-7,16-20H,1-2,4-5,8-15,34H2,(H,38,43)(H2,36,37,39,40). The summed E-state index contributed by atoms with van der Waals surface area (Å²) in [4.78, 5) is 28.6. The molecule has 2 amide bonds. The number of likely N-dealkylation sites (tertiary alicyclic amines) is 1. The third kappa shape index (κ3) is 6.48. The molecule has 232 valence electrons. The predicted molar refractivity (Wildman–Crippen MR) is 155 cm³/mol. The summed E-state index contributed by atoms with van der Waals surface area (Å²) < 4.78 is 56.6. The number of hydrogen-bond acceptors (Lipinski definition) is 7. The Bertz CT molecular complexity index is 1440. The Kier molecular flexibility index (Phi) is 8.29. The SMILES string of the molecule is NC1CCC(Nc2nc(NC3CCN(C(=O)Nc4c(F)cccc4C(F)(F)F)CC3)c3ncn(C4CCCC4)c3n2)CC1. The van der Waals surface area contributed by atoms with Crippen LogP contribution in [0.2, 0.25) is 0 Å². The molecule has 1 aromatic carbocycles. The van der Waals surface area contributed by atoms with E-state index in [9.17, 15) is 22.4 Å². The quantitative estimate of drug-likeness (QED) is 0.259. The highest BCUT2D eigenvalue weighted by molar-refractivity contribution is 5.90. The lowest BCUT2D eigenvalue weighted by atomic mass is 9.92. The Morgan fingerprint density at radius 3 is 2.33 bits per heavy atom. The first-order chi connectivity index (χ1) is 20.7. The number of nitrogens with two attached hydrogens (primary N) is 1. The molecule has 0 spiro atoms. The minimum absolute atomic E-state index is 0.0569. The number of halogens is 4. The van der Waals surface area contributed by atoms with Gasteiger partial charge in [0.05, 0.1) is 17.6 Å². The van der Waals surface area contributed by atoms with Crippen LogP contribution >= 0.6 is 0 Å². The number of hydrogen-bond donors (Lipinski definition) is 4. The van der Waals surface area contributed by atoms with Crippen LogP contribution in [-0.4, -0.2) is 61.7 Å². The smallest absolute Gasteiger partial charge is 0.365 e. The molecular weight excluding hydrogens is 566 g/mol. The first-order valence-corrected chi connectivity index (χ1v) is 15.1. The molecule has 14 heteroatoms. The number of benzene rings is 1. The fourth-order valence-corrected chi connectivity index (χ4v) is 6.47. The molecule has 1 aliphatic heterocycles. The third-order valence-electron chi connectivity index (χ3n) is 8.92. The van der Waals surface area contributed by atoms with Crippen molar-refractivity contribution in [1.82, 2.24) is 24.4 Å². The van der Waals surface area contributed by atoms with Gasteiger partial charge in [-0.25, -0.2) is 14.2 Å². The Hall–Kier alpha value is -3.68. The van der Waals surface area contributed by atoms with Crippen molar-refractivity contribution in [2.24, 2.45) is 5.73 Å². The number of carbonyl (C=O) groups is 1. The van der Waals surface area contributed by atoms with Crippen molar-refractivity contribution >= 4 is 34.6 Å². The number of carbonyl (C=O) groups excluding carboxylic acids is 1. The molecule has 43 heavy (non-hydrogen) atoms. The first-order valence-electron chi connectivity index (χ1n) is 15.1. The van der Waals surface area contributed by atoms with E-state index in [1.807, 2.05) is 6.33 Å². The van der Waals surface area contributed by atoms with Crippen molar-refractivity contribution in [2.45, 2.75) is 94.6 Å². The average Bonchev–Trinajstić information content (AvgIpc) is 3.65. The van der Waals surface area contributed by atoms with Crippen LogP contribution in [0.4, 0.5) is 39.8 Å². The van der Waals surface area contributed by atoms with Crippen LogP contribution in [0, 0.1) is 5.82 Å². The monoisotopic (exact) mass is 603 g/mol. The number of imidazole rings is 1. The van der Waals surface area contributed by atoms with Gasteiger partial charge < -0.3 is 31.2 Å². The number of urea groups is 1. The van der Waals surface area contributed by atoms with Crippen molar-refractivity contribution < 1.29 is 22.4 Å². The largest absolute Gasteiger partial charge is 0.418 e. The molecule has 3 aromatic rings. The van der Waals surface area contributed by atoms with E-state index in [-0.39, 0.29) is 31.2 Å². The van der Waals surface area contributed by atoms with E-state index in [0.29, 0.717) is 36.2 Å². The van der Waals surface area contributed by atoms with Gasteiger partial charge in [-0.05, 0) is 63.5 Å². The van der Waals surface area contributed by atoms with E-state index in [2.05, 4.69) is 25.5 Å². The van der Waals surface area contributed by atoms with Crippen molar-refractivity contribution in [3.63, 3.8) is 0 Å². The predicted octanol–water partition coefficient (Wildman–Crippen LogP) is 5.89. The minimum Gasteiger partial charge on any atom is -0.365 e. The maximum absolute atomic E-state index is 14.3. The number of aromatic nitrogens is 4. The third-order valence-corrected chi connectivity index (χ3v) is 8.92. The summed E-state index contributed by atoms with van der Waals surface area (Å²) in [7, 11) is 0. The van der Waals surface area contributed by atoms with Crippen molar-refractivity contribution in [3.05, 3.63) is 35.9 Å². The topological polar surface area (TPSA) is 126 Å². The zero-order valence-corrected chi connectivity index (χ0v) is 23.8. The van der Waals surface area contributed by atoms with Gasteiger partial charge in [0.1, 0.15) is 5.82 Å². The van der Waals surface area contributed by atoms with Gasteiger partial charge in [-0.2, -0.15) is 23.1 Å². The number of anilines is 3. The highest BCUT2D eigenvalue weighted by atomic mass is 19.4. The summed E-state index contributed by atoms with van der Waals surface area (Å²) in [6.45, 7) is 0.551. The second kappa shape index (κ2) is 12.1. The lowest BCUT2D eigenvalue weighted by Gasteiger charge is -2.33. The molecule has 0 unspecified atom stereocenters. The number of fused-ring (bicyclic) bond motifs is 1. The zero-order valence-electron chi connectivity index (χ0n) is 23.8. The first kappa shape index (κ1) is 29.4. The number of rotatable bonds is 6. The Morgan fingerprint density at radius 2 is 1.63 bits per heavy atom. The van der Waals surface area contributed by atoms with Crippen molar-refractivity contribution in [3.8, 4) is 0 Å². The van der Waals surface area contributed by atoms with E-state index in [0.717, 1.165) is 62.4 Å². The minimum atomic E-state index is -4.80. The molecule has 2 aromatic heterocycles. The fraction of sp³-hybridized carbons (Fsp3) is 0.586. The van der Waals surface area contributed by atoms with Gasteiger partial charge in [-0.1, -0.05) is 18.9 Å². The summed E-state index contributed by atoms with van der Waals surface area (Å²) in [6, 6.07) is 2.60. The normalized spacial score (nSPS) is 22.2. The molecule has 3 heterocycles. The van der Waals surface area contributed by atoms with Crippen LogP contribution in [0.15, 0.2) is 24.5 Å². The molecule has 2 aliphatic carbocycles. The van der Waals surface area contributed by atoms with Crippen LogP contribution < -0.4 is 21.7 Å². The molecule has 0 atom stereocenters. The highest BCUT2D eigenvalue weighted by Gasteiger charge is 2.36. The lowest BCUT2D eigenvalue weighted by Crippen LogP contribution is -2.44. The summed E-state index contributed by atoms with van der Waals surface area (Å²) >= 11 is 0. The Balaban J connectivity index is 1.16. The molecule has 10 nitrogen and oxygen atoms in total. The molecule has 1 saturated heterocycles. The molecule has 2 saturated carbocycles. The van der Waals surface area contributed by atoms with Crippen LogP contribution in [0.5, 0.6) is 0 Å². The second-order valence-corrected chi connectivity index (χ2v) is 11.9. The van der Waals surface area contributed by atoms with E-state index >= 15 is 0 Å². The summed E-state index contributed by atoms with van der Waals surface area (Å²) in [5, 5.41) is 9.16. The number of piperidine rings is 1. The van der Waals surface area contributed by atoms with Gasteiger partial charge in [0.2, 0.25) is 5.95 Å². The number of amides is 2. The van der Waals surface area contributed by atoms with Crippen molar-refractivity contribution in [2.75, 3.05) is 29.0 Å². The summed E-state index contributed by atoms with van der Waals surface area (Å²) in [5.74, 6) is 0.0169. The van der Waals surface area contributed by atoms with Gasteiger partial charge >= 0.3 is 12.2 Å². The number of nitrogens with one attached hydrogen (secondary N) is 3. The maximum atomic E-state index is 14.3. The zero-order chi connectivity index (χ0) is 30.1. The second-order valence-electron chi connectivity index (χ2n) is 11.9. The Morgan fingerprint density at radius 1 is 0.930 bits per heavy atom. The Labute approximate surface area is 246 Å². The number of nitrogens with zero attached hydrogens (tertiary/aromatic N) is 5. The molecule has 0 radical (unpaired) electrons. The van der Waals surface area contributed by atoms with Gasteiger partial charge in [-0.3, -0.25) is 0 Å². The van der Waals surface area contributed by atoms with Gasteiger partial charge in [0.15, 0.2) is 17.0 Å². The molecule has 6 rings (SSSR count). The van der Waals surface area contributed by atoms with Crippen LogP contribution in [0.1, 0.15) is 75.8 Å². The lowest BCUT2D eigenvalue weighted by molar-refractivity contribution is -0.137. The summed E-state index contributed by atoms with van der Waals surface area (Å²) in [6.07, 6.45) is 6.40. The molecule has 0 bridgehead atoms. The molecule has 3 fully saturated rings. The van der Waals surface area contributed by atoms with Gasteiger partial charge in [0.25, 0.3) is 0 Å². The van der Waals surface area contributed by atoms with E-state index in [1.165, 1.54) is 17.7 Å². The molecule has 3 aliphatic rings. The van der Waals surface area contributed by atoms with Crippen LogP contribution in [0.3, 0.4) is 0 Å². The van der Waals surface area contributed by atoms with E-state index in [4.69, 9.17) is 15.7 Å². The fourth-order valence-electron chi connectivity index (χ4n) is 6.47. The number of para-hydroxylation sites is 1. The molecule has 5 N–H and O–H groups in total. The van der Waals surface area contributed by atoms with Gasteiger partial charge in [0, 0.05) is 37.3 Å². The maximum Gasteiger partial charge on any atom is 0.418 e. The van der Waals surface area contributed by atoms with E-state index < -0.39 is 29.3 Å². The number of alkyl halides is 3. The van der Waals surface area contributed by atoms with Crippen LogP contribution in [0.25, 0.3) is 11.2 Å². The van der Waals surface area contributed by atoms with Crippen LogP contribution in [-0.2, 0) is 6.18 Å². The van der Waals surface area contributed by atoms with Crippen molar-refractivity contribution in [1.29, 1.82) is 0 Å². The van der Waals surface area contributed by atoms with E-state index in [1.54, 1.807) is 0 Å². The van der Waals surface area contributed by atoms with Gasteiger partial charge in [-0.15, -0.1) is 0 Å². The highest BCUT2D eigenvalue weighted by Crippen LogP contribution is 2.37.